The molecule has 76 heavy (non-hydrogen) atoms. The maximum absolute atomic E-state index is 13.7. The van der Waals surface area contributed by atoms with Crippen LogP contribution in [-0.2, 0) is 38.6 Å². The molecule has 0 saturated carbocycles. The molecular weight excluding hydrogens is 1010 g/mol. The fourth-order valence-corrected chi connectivity index (χ4v) is 15.1. The Balaban J connectivity index is 2.69. The summed E-state index contributed by atoms with van der Waals surface area (Å²) in [5, 5.41) is 0.0556. The summed E-state index contributed by atoms with van der Waals surface area (Å²) in [4.78, 5) is 13.7. The smallest absolute Gasteiger partial charge is 0.311 e. The van der Waals surface area contributed by atoms with Crippen molar-refractivity contribution in [1.29, 1.82) is 0 Å². The second-order valence-corrected chi connectivity index (χ2v) is 48.6. The molecule has 8 nitrogen and oxygen atoms in total. The van der Waals surface area contributed by atoms with E-state index in [1.54, 1.807) is 7.11 Å². The predicted molar refractivity (Wildman–Crippen MR) is 335 cm³/mol. The van der Waals surface area contributed by atoms with Gasteiger partial charge in [-0.1, -0.05) is 185 Å². The van der Waals surface area contributed by atoms with Crippen LogP contribution in [0.4, 0.5) is 0 Å². The first-order chi connectivity index (χ1) is 34.3. The molecule has 0 radical (unpaired) electrons. The Morgan fingerprint density at radius 1 is 0.658 bits per heavy atom. The van der Waals surface area contributed by atoms with E-state index in [1.165, 1.54) is 5.57 Å². The maximum Gasteiger partial charge on any atom is 0.311 e. The SMILES string of the molecule is C=C/C=C\[C@H](C)[C@H](OCc1ccc(OC)cc1)[C@@H](C)[C@H](O[Si](C)(C)C(C)(C)C)[C@@H](C)C/C(C)=C\[C@H](C)[C@@H](O[Si](C)(C)C(C)(C)C)[C@H](C)/C=C\[C@H](CC1OC(=O)[C@@H](C)[C@@H](O[Si](C)(C)C(C)(C)C)[C@H]1C)O[Si](C)(C)C(C)(C)C. The van der Waals surface area contributed by atoms with Gasteiger partial charge < -0.3 is 31.9 Å². The normalized spacial score (nSPS) is 22.9. The number of benzene rings is 1. The molecular formula is C64H118O8Si4. The molecule has 12 heteroatoms. The van der Waals surface area contributed by atoms with Crippen LogP contribution >= 0.6 is 0 Å². The van der Waals surface area contributed by atoms with E-state index in [9.17, 15) is 4.79 Å². The van der Waals surface area contributed by atoms with Crippen LogP contribution in [0.3, 0.4) is 0 Å². The average Bonchev–Trinajstić information content (AvgIpc) is 3.27. The first-order valence-corrected chi connectivity index (χ1v) is 40.8. The summed E-state index contributed by atoms with van der Waals surface area (Å²) in [6, 6.07) is 8.17. The number of allylic oxidation sites excluding steroid dienone is 3. The van der Waals surface area contributed by atoms with Gasteiger partial charge in [0.1, 0.15) is 11.9 Å². The molecule has 1 heterocycles. The van der Waals surface area contributed by atoms with E-state index in [0.29, 0.717) is 13.0 Å². The van der Waals surface area contributed by atoms with Gasteiger partial charge >= 0.3 is 5.97 Å². The van der Waals surface area contributed by atoms with Crippen molar-refractivity contribution in [2.24, 2.45) is 41.4 Å². The lowest BCUT2D eigenvalue weighted by atomic mass is 9.81. The molecule has 0 aromatic heterocycles. The third kappa shape index (κ3) is 19.7. The molecule has 438 valence electrons. The fraction of sp³-hybridized carbons (Fsp3) is 0.766. The summed E-state index contributed by atoms with van der Waals surface area (Å²) in [5.74, 6) is 0.900. The summed E-state index contributed by atoms with van der Waals surface area (Å²) < 4.78 is 48.2. The van der Waals surface area contributed by atoms with Crippen molar-refractivity contribution < 1.29 is 36.7 Å². The Hall–Kier alpha value is -1.88. The van der Waals surface area contributed by atoms with Gasteiger partial charge in [0.2, 0.25) is 0 Å². The van der Waals surface area contributed by atoms with E-state index in [0.717, 1.165) is 17.7 Å². The highest BCUT2D eigenvalue weighted by Gasteiger charge is 2.50. The number of rotatable bonds is 27. The zero-order valence-corrected chi connectivity index (χ0v) is 58.4. The quantitative estimate of drug-likeness (QED) is 0.0373. The Bertz CT molecular complexity index is 2050. The van der Waals surface area contributed by atoms with Crippen molar-refractivity contribution in [2.75, 3.05) is 7.11 Å². The van der Waals surface area contributed by atoms with Crippen molar-refractivity contribution in [1.82, 2.24) is 0 Å². The van der Waals surface area contributed by atoms with Crippen LogP contribution in [-0.4, -0.2) is 83.0 Å². The van der Waals surface area contributed by atoms with Gasteiger partial charge in [-0.2, -0.15) is 0 Å². The lowest BCUT2D eigenvalue weighted by Crippen LogP contribution is -2.55. The fourth-order valence-electron chi connectivity index (χ4n) is 9.46. The zero-order valence-electron chi connectivity index (χ0n) is 54.4. The molecule has 1 aromatic carbocycles. The molecule has 0 amide bonds. The highest BCUT2D eigenvalue weighted by atomic mass is 28.4. The molecule has 0 bridgehead atoms. The number of ether oxygens (including phenoxy) is 3. The second kappa shape index (κ2) is 27.7. The second-order valence-electron chi connectivity index (χ2n) is 29.6. The van der Waals surface area contributed by atoms with E-state index < -0.39 is 33.3 Å². The number of carbonyl (C=O) groups is 1. The predicted octanol–water partition coefficient (Wildman–Crippen LogP) is 18.5. The molecule has 1 saturated heterocycles. The first-order valence-electron chi connectivity index (χ1n) is 29.2. The molecule has 0 spiro atoms. The van der Waals surface area contributed by atoms with Crippen LogP contribution in [0.2, 0.25) is 72.5 Å². The minimum absolute atomic E-state index is 0.00786. The monoisotopic (exact) mass is 1130 g/mol. The Morgan fingerprint density at radius 2 is 1.13 bits per heavy atom. The average molecular weight is 1130 g/mol. The molecule has 0 aliphatic carbocycles. The number of esters is 1. The van der Waals surface area contributed by atoms with Gasteiger partial charge in [-0.3, -0.25) is 4.79 Å². The molecule has 1 aliphatic heterocycles. The molecule has 13 atom stereocenters. The van der Waals surface area contributed by atoms with E-state index in [1.807, 2.05) is 31.2 Å². The lowest BCUT2D eigenvalue weighted by molar-refractivity contribution is -0.177. The van der Waals surface area contributed by atoms with Crippen molar-refractivity contribution in [3.8, 4) is 5.75 Å². The minimum atomic E-state index is -2.27. The Morgan fingerprint density at radius 3 is 1.61 bits per heavy atom. The van der Waals surface area contributed by atoms with Crippen molar-refractivity contribution in [3.05, 3.63) is 78.4 Å². The molecule has 1 aliphatic rings. The zero-order chi connectivity index (χ0) is 59.0. The molecule has 2 rings (SSSR count). The first kappa shape index (κ1) is 70.2. The third-order valence-corrected chi connectivity index (χ3v) is 36.7. The van der Waals surface area contributed by atoms with E-state index in [2.05, 4.69) is 227 Å². The van der Waals surface area contributed by atoms with Crippen molar-refractivity contribution >= 4 is 39.2 Å². The van der Waals surface area contributed by atoms with Crippen LogP contribution < -0.4 is 4.74 Å². The van der Waals surface area contributed by atoms with Gasteiger partial charge in [-0.25, -0.2) is 0 Å². The topological polar surface area (TPSA) is 81.7 Å². The Kier molecular flexibility index (Phi) is 25.6. The van der Waals surface area contributed by atoms with Gasteiger partial charge in [0.25, 0.3) is 0 Å². The molecule has 1 unspecified atom stereocenters. The highest BCUT2D eigenvalue weighted by molar-refractivity contribution is 6.75. The summed E-state index contributed by atoms with van der Waals surface area (Å²) in [7, 11) is -7.23. The van der Waals surface area contributed by atoms with Gasteiger partial charge in [0.05, 0.1) is 50.2 Å². The van der Waals surface area contributed by atoms with E-state index in [-0.39, 0.29) is 104 Å². The third-order valence-electron chi connectivity index (χ3n) is 18.8. The van der Waals surface area contributed by atoms with Crippen LogP contribution in [0.25, 0.3) is 0 Å². The molecule has 0 N–H and O–H groups in total. The van der Waals surface area contributed by atoms with Crippen LogP contribution in [0.5, 0.6) is 5.75 Å². The summed E-state index contributed by atoms with van der Waals surface area (Å²) >= 11 is 0. The minimum Gasteiger partial charge on any atom is -0.497 e. The number of carbonyl (C=O) groups excluding carboxylic acids is 1. The molecule has 1 fully saturated rings. The summed E-state index contributed by atoms with van der Waals surface area (Å²) in [6.45, 7) is 68.9. The van der Waals surface area contributed by atoms with Gasteiger partial charge in [-0.15, -0.1) is 0 Å². The number of cyclic esters (lactones) is 1. The number of hydrogen-bond acceptors (Lipinski definition) is 8. The largest absolute Gasteiger partial charge is 0.497 e. The van der Waals surface area contributed by atoms with Crippen LogP contribution in [0.1, 0.15) is 157 Å². The van der Waals surface area contributed by atoms with Gasteiger partial charge in [0, 0.05) is 24.2 Å². The standard InChI is InChI=1S/C64H118O8Si4/c1-31-32-33-45(3)57(67-43-52-35-38-53(66-22)39-36-52)50(8)58(71-75(27,28)63(16,17)18)48(6)41-44(2)40-47(5)56(70-74(25,26)62(13,14)15)46(4)34-37-54(69-73(23,24)61(10,11)12)42-55-49(7)59(51(9)60(65)68-55)72-76(29,30)64(19,20)21/h31-40,45-51,54-59H,1,41-43H2,2-30H3/b33-32-,37-34-,44-40-/t45-,46+,47-,48-,49-,50+,51-,54+,55?,56-,57-,58+,59-/m0/s1. The van der Waals surface area contributed by atoms with Gasteiger partial charge in [-0.05, 0) is 128 Å². The van der Waals surface area contributed by atoms with Crippen LogP contribution in [0, 0.1) is 41.4 Å². The van der Waals surface area contributed by atoms with E-state index >= 15 is 0 Å². The molecule has 1 aromatic rings. The number of hydrogen-bond donors (Lipinski definition) is 0. The van der Waals surface area contributed by atoms with Gasteiger partial charge in [0.15, 0.2) is 33.3 Å². The Labute approximate surface area is 473 Å². The highest BCUT2D eigenvalue weighted by Crippen LogP contribution is 2.45. The van der Waals surface area contributed by atoms with Crippen molar-refractivity contribution in [2.45, 2.75) is 267 Å². The lowest BCUT2D eigenvalue weighted by Gasteiger charge is -2.47. The summed E-state index contributed by atoms with van der Waals surface area (Å²) in [6.07, 6.45) is 13.6. The number of methoxy groups -OCH3 is 1. The van der Waals surface area contributed by atoms with Crippen molar-refractivity contribution in [3.63, 3.8) is 0 Å². The summed E-state index contributed by atoms with van der Waals surface area (Å²) in [5.41, 5.74) is 2.44. The maximum atomic E-state index is 13.7. The van der Waals surface area contributed by atoms with Crippen LogP contribution in [0.15, 0.2) is 72.9 Å². The van der Waals surface area contributed by atoms with E-state index in [4.69, 9.17) is 31.9 Å².